The van der Waals surface area contributed by atoms with Gasteiger partial charge in [0.25, 0.3) is 0 Å². The fourth-order valence-electron chi connectivity index (χ4n) is 9.68. The normalized spacial score (nSPS) is 14.1. The molecular weight excluding hydrogens is 663 g/mol. The zero-order chi connectivity index (χ0) is 37.3. The summed E-state index contributed by atoms with van der Waals surface area (Å²) in [5.41, 5.74) is 21.1. The molecule has 1 heteroatoms. The second-order valence-corrected chi connectivity index (χ2v) is 16.1. The molecule has 0 unspecified atom stereocenters. The Bertz CT molecular complexity index is 2750. The molecule has 2 aliphatic rings. The van der Waals surface area contributed by atoms with Crippen LogP contribution in [0.15, 0.2) is 188 Å². The van der Waals surface area contributed by atoms with Gasteiger partial charge < -0.3 is 4.90 Å². The van der Waals surface area contributed by atoms with Gasteiger partial charge in [-0.1, -0.05) is 191 Å². The van der Waals surface area contributed by atoms with Crippen LogP contribution in [-0.2, 0) is 10.8 Å². The summed E-state index contributed by atoms with van der Waals surface area (Å²) in [6, 6.07) is 69.6. The molecule has 8 aromatic carbocycles. The lowest BCUT2D eigenvalue weighted by Crippen LogP contribution is -2.22. The summed E-state index contributed by atoms with van der Waals surface area (Å²) in [5.74, 6) is 0. The molecule has 0 aliphatic heterocycles. The summed E-state index contributed by atoms with van der Waals surface area (Å²) in [6.07, 6.45) is 0. The van der Waals surface area contributed by atoms with Gasteiger partial charge in [0.1, 0.15) is 0 Å². The zero-order valence-electron chi connectivity index (χ0n) is 31.8. The third-order valence-corrected chi connectivity index (χ3v) is 12.3. The highest BCUT2D eigenvalue weighted by Gasteiger charge is 2.40. The highest BCUT2D eigenvalue weighted by Crippen LogP contribution is 2.57. The fraction of sp³-hybridized carbons (Fsp3) is 0.111. The van der Waals surface area contributed by atoms with Crippen LogP contribution in [0, 0.1) is 0 Å². The standard InChI is InChI=1S/C54H43N/c1-53(2)46-29-15-13-24-41(46)43-34-33-38(35-48(43)53)55(50-32-18-28-45-42-25-14-16-30-47(42)54(3,4)52(45)50)49-31-17-27-40(37-21-9-6-10-22-37)51(49)44-26-12-11-23-39(44)36-19-7-5-8-20-36/h5-35H,1-4H3. The van der Waals surface area contributed by atoms with E-state index in [1.807, 2.05) is 0 Å². The van der Waals surface area contributed by atoms with Crippen molar-refractivity contribution >= 4 is 17.1 Å². The average Bonchev–Trinajstić information content (AvgIpc) is 3.61. The van der Waals surface area contributed by atoms with Crippen molar-refractivity contribution in [3.63, 3.8) is 0 Å². The fourth-order valence-corrected chi connectivity index (χ4v) is 9.68. The van der Waals surface area contributed by atoms with Crippen molar-refractivity contribution in [2.45, 2.75) is 38.5 Å². The molecule has 10 rings (SSSR count). The number of anilines is 3. The first-order valence-electron chi connectivity index (χ1n) is 19.5. The quantitative estimate of drug-likeness (QED) is 0.166. The van der Waals surface area contributed by atoms with Gasteiger partial charge >= 0.3 is 0 Å². The van der Waals surface area contributed by atoms with Crippen LogP contribution < -0.4 is 4.90 Å². The maximum atomic E-state index is 2.58. The van der Waals surface area contributed by atoms with Gasteiger partial charge in [0.05, 0.1) is 11.4 Å². The number of benzene rings is 8. The van der Waals surface area contributed by atoms with Crippen LogP contribution in [0.1, 0.15) is 49.9 Å². The Morgan fingerprint density at radius 3 is 1.47 bits per heavy atom. The van der Waals surface area contributed by atoms with E-state index in [1.54, 1.807) is 0 Å². The van der Waals surface area contributed by atoms with E-state index in [0.717, 1.165) is 11.4 Å². The monoisotopic (exact) mass is 705 g/mol. The molecule has 55 heavy (non-hydrogen) atoms. The van der Waals surface area contributed by atoms with Gasteiger partial charge in [-0.25, -0.2) is 0 Å². The van der Waals surface area contributed by atoms with Crippen LogP contribution >= 0.6 is 0 Å². The topological polar surface area (TPSA) is 3.24 Å². The van der Waals surface area contributed by atoms with E-state index in [-0.39, 0.29) is 10.8 Å². The van der Waals surface area contributed by atoms with Crippen molar-refractivity contribution in [1.29, 1.82) is 0 Å². The largest absolute Gasteiger partial charge is 0.310 e. The minimum absolute atomic E-state index is 0.142. The van der Waals surface area contributed by atoms with Crippen LogP contribution in [0.5, 0.6) is 0 Å². The molecule has 2 aliphatic carbocycles. The van der Waals surface area contributed by atoms with Gasteiger partial charge in [-0.15, -0.1) is 0 Å². The van der Waals surface area contributed by atoms with E-state index >= 15 is 0 Å². The molecule has 0 amide bonds. The van der Waals surface area contributed by atoms with Gasteiger partial charge in [0.15, 0.2) is 0 Å². The summed E-state index contributed by atoms with van der Waals surface area (Å²) in [7, 11) is 0. The molecule has 264 valence electrons. The van der Waals surface area contributed by atoms with Gasteiger partial charge in [-0.2, -0.15) is 0 Å². The number of rotatable bonds is 6. The minimum atomic E-state index is -0.216. The summed E-state index contributed by atoms with van der Waals surface area (Å²) < 4.78 is 0. The van der Waals surface area contributed by atoms with Crippen LogP contribution in [0.25, 0.3) is 55.6 Å². The van der Waals surface area contributed by atoms with Crippen LogP contribution in [0.4, 0.5) is 17.1 Å². The Kier molecular flexibility index (Phi) is 7.58. The first-order chi connectivity index (χ1) is 26.8. The first kappa shape index (κ1) is 33.2. The van der Waals surface area contributed by atoms with E-state index in [0.29, 0.717) is 0 Å². The minimum Gasteiger partial charge on any atom is -0.310 e. The highest BCUT2D eigenvalue weighted by atomic mass is 15.1. The number of fused-ring (bicyclic) bond motifs is 6. The Hall–Kier alpha value is -6.44. The Morgan fingerprint density at radius 1 is 0.327 bits per heavy atom. The third-order valence-electron chi connectivity index (χ3n) is 12.3. The maximum absolute atomic E-state index is 2.58. The molecule has 0 saturated carbocycles. The third kappa shape index (κ3) is 5.07. The summed E-state index contributed by atoms with van der Waals surface area (Å²) in [6.45, 7) is 9.55. The van der Waals surface area contributed by atoms with E-state index < -0.39 is 0 Å². The Morgan fingerprint density at radius 2 is 0.800 bits per heavy atom. The molecule has 0 saturated heterocycles. The van der Waals surface area contributed by atoms with Crippen molar-refractivity contribution in [3.8, 4) is 55.6 Å². The number of hydrogen-bond acceptors (Lipinski definition) is 1. The van der Waals surface area contributed by atoms with Crippen molar-refractivity contribution in [1.82, 2.24) is 0 Å². The van der Waals surface area contributed by atoms with Crippen molar-refractivity contribution < 1.29 is 0 Å². The van der Waals surface area contributed by atoms with E-state index in [2.05, 4.69) is 221 Å². The number of hydrogen-bond donors (Lipinski definition) is 0. The molecular formula is C54H43N. The van der Waals surface area contributed by atoms with Gasteiger partial charge in [0, 0.05) is 22.1 Å². The van der Waals surface area contributed by atoms with E-state index in [9.17, 15) is 0 Å². The van der Waals surface area contributed by atoms with Gasteiger partial charge in [-0.05, 0) is 96.6 Å². The molecule has 0 bridgehead atoms. The molecule has 0 spiro atoms. The van der Waals surface area contributed by atoms with Crippen LogP contribution in [0.3, 0.4) is 0 Å². The highest BCUT2D eigenvalue weighted by molar-refractivity contribution is 6.02. The average molecular weight is 706 g/mol. The molecule has 0 fully saturated rings. The lowest BCUT2D eigenvalue weighted by molar-refractivity contribution is 0.658. The predicted molar refractivity (Wildman–Crippen MR) is 233 cm³/mol. The second kappa shape index (κ2) is 12.6. The zero-order valence-corrected chi connectivity index (χ0v) is 31.8. The first-order valence-corrected chi connectivity index (χ1v) is 19.5. The van der Waals surface area contributed by atoms with Gasteiger partial charge in [-0.3, -0.25) is 0 Å². The van der Waals surface area contributed by atoms with Crippen molar-refractivity contribution in [2.24, 2.45) is 0 Å². The maximum Gasteiger partial charge on any atom is 0.0546 e. The molecule has 8 aromatic rings. The lowest BCUT2D eigenvalue weighted by atomic mass is 9.80. The number of nitrogens with zero attached hydrogens (tertiary/aromatic N) is 1. The summed E-state index contributed by atoms with van der Waals surface area (Å²) in [4.78, 5) is 2.58. The van der Waals surface area contributed by atoms with E-state index in [4.69, 9.17) is 0 Å². The molecule has 0 aromatic heterocycles. The van der Waals surface area contributed by atoms with Crippen LogP contribution in [-0.4, -0.2) is 0 Å². The summed E-state index contributed by atoms with van der Waals surface area (Å²) in [5, 5.41) is 0. The van der Waals surface area contributed by atoms with Crippen LogP contribution in [0.2, 0.25) is 0 Å². The smallest absolute Gasteiger partial charge is 0.0546 e. The second-order valence-electron chi connectivity index (χ2n) is 16.1. The molecule has 1 nitrogen and oxygen atoms in total. The summed E-state index contributed by atoms with van der Waals surface area (Å²) >= 11 is 0. The molecule has 0 atom stereocenters. The van der Waals surface area contributed by atoms with Gasteiger partial charge in [0.2, 0.25) is 0 Å². The van der Waals surface area contributed by atoms with Crippen molar-refractivity contribution in [2.75, 3.05) is 4.90 Å². The molecule has 0 heterocycles. The SMILES string of the molecule is CC1(C)c2ccccc2-c2ccc(N(c3cccc(-c4ccccc4)c3-c3ccccc3-c3ccccc3)c3cccc4c3C(C)(C)c3ccccc3-4)cc21. The Labute approximate surface area is 325 Å². The van der Waals surface area contributed by atoms with E-state index in [1.165, 1.54) is 83.6 Å². The Balaban J connectivity index is 1.31. The lowest BCUT2D eigenvalue weighted by Gasteiger charge is -2.35. The predicted octanol–water partition coefficient (Wildman–Crippen LogP) is 14.8. The molecule has 0 N–H and O–H groups in total. The molecule has 0 radical (unpaired) electrons. The van der Waals surface area contributed by atoms with Crippen molar-refractivity contribution in [3.05, 3.63) is 210 Å².